The molecule has 0 aliphatic heterocycles. The average Bonchev–Trinajstić information content (AvgIpc) is 2.16. The highest BCUT2D eigenvalue weighted by molar-refractivity contribution is 6.78. The number of ether oxygens (including phenoxy) is 1. The van der Waals surface area contributed by atoms with Gasteiger partial charge in [0.05, 0.1) is 6.61 Å². The second-order valence-corrected chi connectivity index (χ2v) is 10.6. The number of carbonyl (C=O) groups is 1. The van der Waals surface area contributed by atoms with Crippen molar-refractivity contribution in [2.75, 3.05) is 6.61 Å². The Labute approximate surface area is 94.7 Å². The quantitative estimate of drug-likeness (QED) is 0.288. The van der Waals surface area contributed by atoms with Gasteiger partial charge in [-0.15, -0.1) is 0 Å². The number of hydrogen-bond acceptors (Lipinski definition) is 2. The molecular weight excluding hydrogens is 204 g/mol. The first kappa shape index (κ1) is 14.4. The van der Waals surface area contributed by atoms with Crippen LogP contribution in [-0.4, -0.2) is 20.7 Å². The number of hydrogen-bond donors (Lipinski definition) is 0. The zero-order chi connectivity index (χ0) is 11.9. The van der Waals surface area contributed by atoms with E-state index >= 15 is 0 Å². The van der Waals surface area contributed by atoms with Gasteiger partial charge in [-0.05, 0) is 6.42 Å². The molecule has 0 unspecified atom stereocenters. The SMILES string of the molecule is C=CC(=O)OCCCC[Si](C)(C)C(C)C. The lowest BCUT2D eigenvalue weighted by Gasteiger charge is -2.26. The van der Waals surface area contributed by atoms with E-state index in [9.17, 15) is 4.79 Å². The lowest BCUT2D eigenvalue weighted by atomic mass is 10.3. The maximum absolute atomic E-state index is 10.7. The van der Waals surface area contributed by atoms with Crippen molar-refractivity contribution in [2.45, 2.75) is 51.4 Å². The highest BCUT2D eigenvalue weighted by Crippen LogP contribution is 2.26. The first-order chi connectivity index (χ1) is 6.90. The van der Waals surface area contributed by atoms with Crippen LogP contribution < -0.4 is 0 Å². The van der Waals surface area contributed by atoms with Gasteiger partial charge in [0.1, 0.15) is 0 Å². The molecule has 0 heterocycles. The van der Waals surface area contributed by atoms with Gasteiger partial charge >= 0.3 is 5.97 Å². The standard InChI is InChI=1S/C12H24O2Si/c1-6-12(13)14-9-7-8-10-15(4,5)11(2)3/h6,11H,1,7-10H2,2-5H3. The van der Waals surface area contributed by atoms with E-state index in [2.05, 4.69) is 33.5 Å². The molecule has 15 heavy (non-hydrogen) atoms. The Bertz CT molecular complexity index is 210. The van der Waals surface area contributed by atoms with Crippen LogP contribution in [0.5, 0.6) is 0 Å². The maximum atomic E-state index is 10.7. The van der Waals surface area contributed by atoms with Gasteiger partial charge in [-0.25, -0.2) is 4.79 Å². The van der Waals surface area contributed by atoms with E-state index in [1.165, 1.54) is 18.5 Å². The predicted octanol–water partition coefficient (Wildman–Crippen LogP) is 3.61. The molecule has 0 aromatic carbocycles. The molecule has 0 aromatic heterocycles. The van der Waals surface area contributed by atoms with Crippen LogP contribution in [0.1, 0.15) is 26.7 Å². The van der Waals surface area contributed by atoms with Crippen molar-refractivity contribution in [3.63, 3.8) is 0 Å². The van der Waals surface area contributed by atoms with Gasteiger partial charge in [0, 0.05) is 14.1 Å². The van der Waals surface area contributed by atoms with E-state index in [1.807, 2.05) is 0 Å². The van der Waals surface area contributed by atoms with Gasteiger partial charge in [-0.2, -0.15) is 0 Å². The minimum absolute atomic E-state index is 0.310. The van der Waals surface area contributed by atoms with Crippen molar-refractivity contribution in [2.24, 2.45) is 0 Å². The fourth-order valence-electron chi connectivity index (χ4n) is 1.20. The predicted molar refractivity (Wildman–Crippen MR) is 67.8 cm³/mol. The molecule has 0 bridgehead atoms. The first-order valence-electron chi connectivity index (χ1n) is 5.69. The number of rotatable bonds is 7. The fourth-order valence-corrected chi connectivity index (χ4v) is 2.94. The molecule has 0 saturated heterocycles. The molecule has 88 valence electrons. The summed E-state index contributed by atoms with van der Waals surface area (Å²) in [5, 5.41) is 0. The number of carbonyl (C=O) groups excluding carboxylic acids is 1. The van der Waals surface area contributed by atoms with Crippen molar-refractivity contribution >= 4 is 14.0 Å². The molecule has 0 atom stereocenters. The van der Waals surface area contributed by atoms with Crippen LogP contribution in [-0.2, 0) is 9.53 Å². The zero-order valence-corrected chi connectivity index (χ0v) is 11.5. The number of unbranched alkanes of at least 4 members (excludes halogenated alkanes) is 1. The van der Waals surface area contributed by atoms with Crippen LogP contribution in [0.2, 0.25) is 24.7 Å². The van der Waals surface area contributed by atoms with E-state index in [0.29, 0.717) is 6.61 Å². The lowest BCUT2D eigenvalue weighted by Crippen LogP contribution is -2.29. The molecule has 2 nitrogen and oxygen atoms in total. The van der Waals surface area contributed by atoms with E-state index in [4.69, 9.17) is 4.74 Å². The highest BCUT2D eigenvalue weighted by atomic mass is 28.3. The summed E-state index contributed by atoms with van der Waals surface area (Å²) in [6.45, 7) is 13.4. The first-order valence-corrected chi connectivity index (χ1v) is 8.98. The molecule has 0 aliphatic carbocycles. The summed E-state index contributed by atoms with van der Waals surface area (Å²) in [5.41, 5.74) is 0.827. The Hall–Kier alpha value is -0.573. The average molecular weight is 228 g/mol. The summed E-state index contributed by atoms with van der Waals surface area (Å²) in [4.78, 5) is 10.7. The van der Waals surface area contributed by atoms with E-state index in [-0.39, 0.29) is 5.97 Å². The Morgan fingerprint density at radius 2 is 2.00 bits per heavy atom. The molecule has 0 fully saturated rings. The van der Waals surface area contributed by atoms with E-state index < -0.39 is 8.07 Å². The van der Waals surface area contributed by atoms with Crippen molar-refractivity contribution in [1.82, 2.24) is 0 Å². The Balaban J connectivity index is 3.54. The summed E-state index contributed by atoms with van der Waals surface area (Å²) in [6, 6.07) is 1.32. The van der Waals surface area contributed by atoms with E-state index in [0.717, 1.165) is 12.0 Å². The van der Waals surface area contributed by atoms with Gasteiger partial charge in [0.15, 0.2) is 0 Å². The third kappa shape index (κ3) is 6.50. The lowest BCUT2D eigenvalue weighted by molar-refractivity contribution is -0.137. The molecule has 0 N–H and O–H groups in total. The van der Waals surface area contributed by atoms with Crippen LogP contribution in [0.15, 0.2) is 12.7 Å². The smallest absolute Gasteiger partial charge is 0.330 e. The van der Waals surface area contributed by atoms with E-state index in [1.54, 1.807) is 0 Å². The molecule has 0 radical (unpaired) electrons. The summed E-state index contributed by atoms with van der Waals surface area (Å²) < 4.78 is 4.92. The van der Waals surface area contributed by atoms with Crippen LogP contribution in [0, 0.1) is 0 Å². The normalized spacial score (nSPS) is 11.5. The van der Waals surface area contributed by atoms with Gasteiger partial charge in [0.2, 0.25) is 0 Å². The topological polar surface area (TPSA) is 26.3 Å². The molecular formula is C12H24O2Si. The maximum Gasteiger partial charge on any atom is 0.330 e. The van der Waals surface area contributed by atoms with Crippen LogP contribution >= 0.6 is 0 Å². The third-order valence-electron chi connectivity index (χ3n) is 3.19. The minimum Gasteiger partial charge on any atom is -0.463 e. The summed E-state index contributed by atoms with van der Waals surface area (Å²) in [5.74, 6) is -0.310. The molecule has 0 saturated carbocycles. The van der Waals surface area contributed by atoms with Crippen LogP contribution in [0.3, 0.4) is 0 Å². The summed E-state index contributed by atoms with van der Waals surface area (Å²) in [7, 11) is -1.03. The second kappa shape index (κ2) is 6.83. The fraction of sp³-hybridized carbons (Fsp3) is 0.750. The summed E-state index contributed by atoms with van der Waals surface area (Å²) >= 11 is 0. The van der Waals surface area contributed by atoms with Crippen molar-refractivity contribution in [1.29, 1.82) is 0 Å². The van der Waals surface area contributed by atoms with Crippen LogP contribution in [0.25, 0.3) is 0 Å². The van der Waals surface area contributed by atoms with Crippen molar-refractivity contribution in [3.8, 4) is 0 Å². The summed E-state index contributed by atoms with van der Waals surface area (Å²) in [6.07, 6.45) is 3.36. The number of esters is 1. The van der Waals surface area contributed by atoms with Crippen LogP contribution in [0.4, 0.5) is 0 Å². The Morgan fingerprint density at radius 1 is 1.40 bits per heavy atom. The monoisotopic (exact) mass is 228 g/mol. The molecule has 0 amide bonds. The second-order valence-electron chi connectivity index (χ2n) is 4.97. The van der Waals surface area contributed by atoms with Crippen molar-refractivity contribution in [3.05, 3.63) is 12.7 Å². The van der Waals surface area contributed by atoms with Gasteiger partial charge < -0.3 is 4.74 Å². The Morgan fingerprint density at radius 3 is 2.47 bits per heavy atom. The molecule has 0 aliphatic rings. The van der Waals surface area contributed by atoms with Crippen molar-refractivity contribution < 1.29 is 9.53 Å². The molecule has 3 heteroatoms. The third-order valence-corrected chi connectivity index (χ3v) is 7.96. The Kier molecular flexibility index (Phi) is 6.57. The molecule has 0 aromatic rings. The minimum atomic E-state index is -1.03. The zero-order valence-electron chi connectivity index (χ0n) is 10.5. The molecule has 0 spiro atoms. The largest absolute Gasteiger partial charge is 0.463 e. The highest BCUT2D eigenvalue weighted by Gasteiger charge is 2.23. The molecule has 0 rings (SSSR count). The van der Waals surface area contributed by atoms with Gasteiger partial charge in [0.25, 0.3) is 0 Å². The van der Waals surface area contributed by atoms with Gasteiger partial charge in [-0.3, -0.25) is 0 Å². The van der Waals surface area contributed by atoms with Gasteiger partial charge in [-0.1, -0.05) is 51.5 Å².